The van der Waals surface area contributed by atoms with Crippen LogP contribution in [0.2, 0.25) is 0 Å². The predicted octanol–water partition coefficient (Wildman–Crippen LogP) is 3.93. The molecule has 0 spiro atoms. The van der Waals surface area contributed by atoms with E-state index in [-0.39, 0.29) is 11.6 Å². The van der Waals surface area contributed by atoms with Crippen molar-refractivity contribution in [2.75, 3.05) is 0 Å². The van der Waals surface area contributed by atoms with Crippen molar-refractivity contribution in [3.8, 4) is 11.6 Å². The fourth-order valence-corrected chi connectivity index (χ4v) is 2.21. The van der Waals surface area contributed by atoms with E-state index < -0.39 is 0 Å². The van der Waals surface area contributed by atoms with Crippen molar-refractivity contribution in [1.82, 2.24) is 4.98 Å². The highest BCUT2D eigenvalue weighted by atomic mass is 19.1. The van der Waals surface area contributed by atoms with E-state index >= 15 is 0 Å². The Bertz CT molecular complexity index is 802. The molecule has 0 bridgehead atoms. The van der Waals surface area contributed by atoms with Crippen LogP contribution in [-0.2, 0) is 6.54 Å². The Morgan fingerprint density at radius 3 is 2.76 bits per heavy atom. The fourth-order valence-electron chi connectivity index (χ4n) is 2.21. The molecule has 0 unspecified atom stereocenters. The highest BCUT2D eigenvalue weighted by molar-refractivity contribution is 5.87. The van der Waals surface area contributed by atoms with Gasteiger partial charge in [0.2, 0.25) is 5.88 Å². The van der Waals surface area contributed by atoms with Crippen LogP contribution >= 0.6 is 0 Å². The number of nitrogens with zero attached hydrogens (tertiary/aromatic N) is 1. The van der Waals surface area contributed by atoms with Crippen molar-refractivity contribution >= 4 is 10.8 Å². The van der Waals surface area contributed by atoms with Crippen LogP contribution in [0.15, 0.2) is 48.5 Å². The van der Waals surface area contributed by atoms with E-state index in [4.69, 9.17) is 10.5 Å². The van der Waals surface area contributed by atoms with Gasteiger partial charge in [0, 0.05) is 11.9 Å². The Balaban J connectivity index is 2.13. The molecule has 0 radical (unpaired) electrons. The van der Waals surface area contributed by atoms with Gasteiger partial charge in [-0.3, -0.25) is 0 Å². The van der Waals surface area contributed by atoms with Crippen LogP contribution in [0.4, 0.5) is 4.39 Å². The third-order valence-electron chi connectivity index (χ3n) is 3.33. The molecule has 0 atom stereocenters. The van der Waals surface area contributed by atoms with Gasteiger partial charge in [-0.1, -0.05) is 30.3 Å². The average molecular weight is 282 g/mol. The van der Waals surface area contributed by atoms with E-state index in [1.807, 2.05) is 30.3 Å². The minimum Gasteiger partial charge on any atom is -0.435 e. The maximum Gasteiger partial charge on any atom is 0.227 e. The molecular weight excluding hydrogens is 267 g/mol. The molecule has 106 valence electrons. The van der Waals surface area contributed by atoms with Gasteiger partial charge < -0.3 is 10.5 Å². The maximum atomic E-state index is 14.1. The predicted molar refractivity (Wildman–Crippen MR) is 80.8 cm³/mol. The van der Waals surface area contributed by atoms with Gasteiger partial charge in [-0.05, 0) is 36.1 Å². The van der Waals surface area contributed by atoms with E-state index in [1.54, 1.807) is 25.1 Å². The third-order valence-corrected chi connectivity index (χ3v) is 3.33. The number of benzene rings is 2. The van der Waals surface area contributed by atoms with E-state index in [0.717, 1.165) is 10.8 Å². The quantitative estimate of drug-likeness (QED) is 0.791. The van der Waals surface area contributed by atoms with Gasteiger partial charge in [0.15, 0.2) is 11.6 Å². The van der Waals surface area contributed by atoms with Gasteiger partial charge in [-0.25, -0.2) is 9.37 Å². The second-order valence-electron chi connectivity index (χ2n) is 4.83. The molecule has 3 rings (SSSR count). The van der Waals surface area contributed by atoms with Crippen LogP contribution in [0.5, 0.6) is 11.6 Å². The second kappa shape index (κ2) is 5.50. The van der Waals surface area contributed by atoms with Crippen molar-refractivity contribution in [2.24, 2.45) is 5.73 Å². The molecule has 0 amide bonds. The number of ether oxygens (including phenoxy) is 1. The molecule has 0 aliphatic heterocycles. The maximum absolute atomic E-state index is 14.1. The van der Waals surface area contributed by atoms with Crippen molar-refractivity contribution in [2.45, 2.75) is 13.5 Å². The zero-order chi connectivity index (χ0) is 14.8. The normalized spacial score (nSPS) is 10.8. The molecule has 21 heavy (non-hydrogen) atoms. The van der Waals surface area contributed by atoms with Crippen molar-refractivity contribution in [1.29, 1.82) is 0 Å². The van der Waals surface area contributed by atoms with Gasteiger partial charge in [0.1, 0.15) is 0 Å². The Hall–Kier alpha value is -2.46. The number of pyridine rings is 1. The summed E-state index contributed by atoms with van der Waals surface area (Å²) >= 11 is 0. The summed E-state index contributed by atoms with van der Waals surface area (Å²) in [6, 6.07) is 14.6. The Kier molecular flexibility index (Phi) is 3.54. The molecule has 2 N–H and O–H groups in total. The Morgan fingerprint density at radius 2 is 1.95 bits per heavy atom. The molecule has 0 fully saturated rings. The lowest BCUT2D eigenvalue weighted by Gasteiger charge is -2.11. The summed E-state index contributed by atoms with van der Waals surface area (Å²) in [6.45, 7) is 2.00. The molecular formula is C17H15FN2O. The Morgan fingerprint density at radius 1 is 1.14 bits per heavy atom. The number of aryl methyl sites for hydroxylation is 1. The molecule has 1 aromatic heterocycles. The second-order valence-corrected chi connectivity index (χ2v) is 4.83. The lowest BCUT2D eigenvalue weighted by atomic mass is 10.1. The van der Waals surface area contributed by atoms with Crippen LogP contribution in [0.1, 0.15) is 11.3 Å². The molecule has 3 nitrogen and oxygen atoms in total. The first-order valence-electron chi connectivity index (χ1n) is 6.70. The lowest BCUT2D eigenvalue weighted by molar-refractivity contribution is 0.429. The van der Waals surface area contributed by atoms with E-state index in [9.17, 15) is 4.39 Å². The number of hydrogen-bond acceptors (Lipinski definition) is 3. The number of hydrogen-bond donors (Lipinski definition) is 1. The average Bonchev–Trinajstić information content (AvgIpc) is 2.51. The van der Waals surface area contributed by atoms with Crippen LogP contribution < -0.4 is 10.5 Å². The summed E-state index contributed by atoms with van der Waals surface area (Å²) in [4.78, 5) is 4.37. The summed E-state index contributed by atoms with van der Waals surface area (Å²) in [5.41, 5.74) is 6.90. The number of nitrogens with two attached hydrogens (primary N) is 1. The zero-order valence-corrected chi connectivity index (χ0v) is 11.6. The van der Waals surface area contributed by atoms with E-state index in [2.05, 4.69) is 4.98 Å². The largest absolute Gasteiger partial charge is 0.435 e. The smallest absolute Gasteiger partial charge is 0.227 e. The highest BCUT2D eigenvalue weighted by Gasteiger charge is 2.11. The first-order valence-corrected chi connectivity index (χ1v) is 6.70. The highest BCUT2D eigenvalue weighted by Crippen LogP contribution is 2.30. The van der Waals surface area contributed by atoms with Crippen molar-refractivity contribution < 1.29 is 9.13 Å². The molecule has 1 heterocycles. The molecule has 0 saturated carbocycles. The molecule has 0 aliphatic carbocycles. The monoisotopic (exact) mass is 282 g/mol. The molecule has 0 aliphatic rings. The fraction of sp³-hybridized carbons (Fsp3) is 0.118. The zero-order valence-electron chi connectivity index (χ0n) is 11.6. The SMILES string of the molecule is Cc1cccc(Oc2nc(CN)cc3ccccc23)c1F. The number of fused-ring (bicyclic) bond motifs is 1. The summed E-state index contributed by atoms with van der Waals surface area (Å²) in [5.74, 6) is 0.168. The number of halogens is 1. The first kappa shape index (κ1) is 13.5. The van der Waals surface area contributed by atoms with E-state index in [1.165, 1.54) is 0 Å². The van der Waals surface area contributed by atoms with Crippen LogP contribution in [0, 0.1) is 12.7 Å². The number of aromatic nitrogens is 1. The van der Waals surface area contributed by atoms with Gasteiger partial charge in [-0.15, -0.1) is 0 Å². The standard InChI is InChI=1S/C17H15FN2O/c1-11-5-4-8-15(16(11)18)21-17-14-7-3-2-6-12(14)9-13(10-19)20-17/h2-9H,10,19H2,1H3. The van der Waals surface area contributed by atoms with Crippen molar-refractivity contribution in [3.05, 3.63) is 65.6 Å². The lowest BCUT2D eigenvalue weighted by Crippen LogP contribution is -2.02. The summed E-state index contributed by atoms with van der Waals surface area (Å²) in [6.07, 6.45) is 0. The summed E-state index contributed by atoms with van der Waals surface area (Å²) in [7, 11) is 0. The molecule has 4 heteroatoms. The van der Waals surface area contributed by atoms with Gasteiger partial charge in [-0.2, -0.15) is 0 Å². The summed E-state index contributed by atoms with van der Waals surface area (Å²) < 4.78 is 19.8. The number of rotatable bonds is 3. The third kappa shape index (κ3) is 2.58. The molecule has 3 aromatic rings. The van der Waals surface area contributed by atoms with E-state index in [0.29, 0.717) is 23.7 Å². The van der Waals surface area contributed by atoms with Crippen molar-refractivity contribution in [3.63, 3.8) is 0 Å². The Labute approximate surface area is 122 Å². The van der Waals surface area contributed by atoms with Gasteiger partial charge >= 0.3 is 0 Å². The minimum atomic E-state index is -0.374. The molecule has 0 saturated heterocycles. The van der Waals surface area contributed by atoms with Gasteiger partial charge in [0.05, 0.1) is 5.69 Å². The van der Waals surface area contributed by atoms with Gasteiger partial charge in [0.25, 0.3) is 0 Å². The van der Waals surface area contributed by atoms with Crippen LogP contribution in [0.25, 0.3) is 10.8 Å². The van der Waals surface area contributed by atoms with Crippen LogP contribution in [0.3, 0.4) is 0 Å². The van der Waals surface area contributed by atoms with Crippen LogP contribution in [-0.4, -0.2) is 4.98 Å². The first-order chi connectivity index (χ1) is 10.2. The summed E-state index contributed by atoms with van der Waals surface area (Å²) in [5, 5.41) is 1.80. The molecule has 2 aromatic carbocycles. The topological polar surface area (TPSA) is 48.1 Å². The minimum absolute atomic E-state index is 0.168.